The SMILES string of the molecule is c1ccc(-c2cc(-n3c4ccccc4c4cc5c(cc43)Oc3ccccc3C53c4ccccc4N(c4ccccc4)c4ccccc43)cc(-c3ccccc3)n2)cc1. The Labute approximate surface area is 336 Å². The van der Waals surface area contributed by atoms with Crippen LogP contribution in [0.4, 0.5) is 17.1 Å². The molecule has 0 aliphatic carbocycles. The molecule has 10 aromatic rings. The van der Waals surface area contributed by atoms with Gasteiger partial charge in [-0.25, -0.2) is 4.98 Å². The zero-order valence-electron chi connectivity index (χ0n) is 31.5. The topological polar surface area (TPSA) is 30.3 Å². The van der Waals surface area contributed by atoms with E-state index in [1.54, 1.807) is 0 Å². The van der Waals surface area contributed by atoms with Crippen molar-refractivity contribution in [3.8, 4) is 39.7 Å². The molecule has 58 heavy (non-hydrogen) atoms. The summed E-state index contributed by atoms with van der Waals surface area (Å²) in [7, 11) is 0. The summed E-state index contributed by atoms with van der Waals surface area (Å²) in [6.07, 6.45) is 0. The van der Waals surface area contributed by atoms with Crippen LogP contribution < -0.4 is 9.64 Å². The van der Waals surface area contributed by atoms with Crippen molar-refractivity contribution in [3.05, 3.63) is 235 Å². The lowest BCUT2D eigenvalue weighted by Crippen LogP contribution is -2.39. The third-order valence-electron chi connectivity index (χ3n) is 12.0. The molecule has 1 spiro atoms. The Morgan fingerprint density at radius 1 is 0.379 bits per heavy atom. The second-order valence-electron chi connectivity index (χ2n) is 15.1. The van der Waals surface area contributed by atoms with Gasteiger partial charge in [0.2, 0.25) is 0 Å². The maximum atomic E-state index is 7.09. The lowest BCUT2D eigenvalue weighted by molar-refractivity contribution is 0.435. The minimum absolute atomic E-state index is 0.669. The van der Waals surface area contributed by atoms with Crippen molar-refractivity contribution in [1.29, 1.82) is 0 Å². The van der Waals surface area contributed by atoms with E-state index < -0.39 is 5.41 Å². The van der Waals surface area contributed by atoms with E-state index in [0.29, 0.717) is 0 Å². The van der Waals surface area contributed by atoms with Gasteiger partial charge in [-0.05, 0) is 65.7 Å². The number of hydrogen-bond donors (Lipinski definition) is 0. The molecule has 0 amide bonds. The molecule has 8 aromatic carbocycles. The molecule has 2 aromatic heterocycles. The van der Waals surface area contributed by atoms with Crippen LogP contribution in [0.25, 0.3) is 50.0 Å². The molecule has 0 N–H and O–H groups in total. The highest BCUT2D eigenvalue weighted by Crippen LogP contribution is 2.63. The van der Waals surface area contributed by atoms with Crippen LogP contribution >= 0.6 is 0 Å². The molecule has 4 heterocycles. The molecule has 0 bridgehead atoms. The number of anilines is 3. The summed E-state index contributed by atoms with van der Waals surface area (Å²) in [6, 6.07) is 75.9. The van der Waals surface area contributed by atoms with Crippen molar-refractivity contribution in [2.75, 3.05) is 4.90 Å². The van der Waals surface area contributed by atoms with Gasteiger partial charge in [0, 0.05) is 44.8 Å². The fraction of sp³-hybridized carbons (Fsp3) is 0.0185. The quantitative estimate of drug-likeness (QED) is 0.180. The zero-order valence-corrected chi connectivity index (χ0v) is 31.5. The van der Waals surface area contributed by atoms with Crippen LogP contribution in [0, 0.1) is 0 Å². The van der Waals surface area contributed by atoms with Gasteiger partial charge in [-0.2, -0.15) is 0 Å². The van der Waals surface area contributed by atoms with E-state index in [-0.39, 0.29) is 0 Å². The lowest BCUT2D eigenvalue weighted by Gasteiger charge is -2.48. The Hall–Kier alpha value is -7.69. The van der Waals surface area contributed by atoms with Gasteiger partial charge in [0.05, 0.1) is 44.9 Å². The van der Waals surface area contributed by atoms with Gasteiger partial charge in [-0.3, -0.25) is 0 Å². The van der Waals surface area contributed by atoms with E-state index in [1.165, 1.54) is 16.5 Å². The van der Waals surface area contributed by atoms with Crippen molar-refractivity contribution < 1.29 is 4.74 Å². The number of fused-ring (bicyclic) bond motifs is 11. The molecule has 0 saturated heterocycles. The summed E-state index contributed by atoms with van der Waals surface area (Å²) in [5.74, 6) is 1.70. The minimum Gasteiger partial charge on any atom is -0.457 e. The standard InChI is InChI=1S/C54H35N3O/c1-4-18-36(19-5-1)46-32-39(33-47(55-46)37-20-6-2-7-21-37)57-48-28-14-10-24-40(48)41-34-45-53(35-51(41)57)58-52-31-17-13-27-44(52)54(45)42-25-11-15-29-49(42)56(38-22-8-3-9-23-38)50-30-16-12-26-43(50)54/h1-35H. The Kier molecular flexibility index (Phi) is 7.11. The van der Waals surface area contributed by atoms with Crippen LogP contribution in [0.1, 0.15) is 22.3 Å². The van der Waals surface area contributed by atoms with E-state index >= 15 is 0 Å². The van der Waals surface area contributed by atoms with E-state index in [4.69, 9.17) is 9.72 Å². The minimum atomic E-state index is -0.669. The highest BCUT2D eigenvalue weighted by Gasteiger charge is 2.51. The van der Waals surface area contributed by atoms with Gasteiger partial charge in [0.15, 0.2) is 0 Å². The number of ether oxygens (including phenoxy) is 1. The summed E-state index contributed by atoms with van der Waals surface area (Å²) >= 11 is 0. The van der Waals surface area contributed by atoms with Gasteiger partial charge >= 0.3 is 0 Å². The Bertz CT molecular complexity index is 3100. The second-order valence-corrected chi connectivity index (χ2v) is 15.1. The molecule has 2 aliphatic rings. The number of pyridine rings is 1. The van der Waals surface area contributed by atoms with Crippen LogP contribution in [-0.2, 0) is 5.41 Å². The predicted molar refractivity (Wildman–Crippen MR) is 236 cm³/mol. The summed E-state index contributed by atoms with van der Waals surface area (Å²) < 4.78 is 9.48. The second kappa shape index (κ2) is 12.7. The maximum absolute atomic E-state index is 7.09. The fourth-order valence-corrected chi connectivity index (χ4v) is 9.62. The third kappa shape index (κ3) is 4.66. The molecular formula is C54H35N3O. The van der Waals surface area contributed by atoms with Crippen LogP contribution in [0.15, 0.2) is 212 Å². The Morgan fingerprint density at radius 3 is 1.57 bits per heavy atom. The number of aromatic nitrogens is 2. The van der Waals surface area contributed by atoms with Crippen LogP contribution in [-0.4, -0.2) is 9.55 Å². The van der Waals surface area contributed by atoms with Crippen molar-refractivity contribution in [2.45, 2.75) is 5.41 Å². The van der Waals surface area contributed by atoms with Gasteiger partial charge in [-0.1, -0.05) is 152 Å². The first-order valence-electron chi connectivity index (χ1n) is 19.8. The molecular weight excluding hydrogens is 707 g/mol. The summed E-state index contributed by atoms with van der Waals surface area (Å²) in [6.45, 7) is 0. The smallest absolute Gasteiger partial charge is 0.134 e. The molecule has 4 heteroatoms. The first-order chi connectivity index (χ1) is 28.8. The van der Waals surface area contributed by atoms with E-state index in [2.05, 4.69) is 222 Å². The summed E-state index contributed by atoms with van der Waals surface area (Å²) in [4.78, 5) is 7.64. The van der Waals surface area contributed by atoms with Crippen molar-refractivity contribution in [2.24, 2.45) is 0 Å². The van der Waals surface area contributed by atoms with E-state index in [0.717, 1.165) is 84.3 Å². The predicted octanol–water partition coefficient (Wildman–Crippen LogP) is 13.8. The summed E-state index contributed by atoms with van der Waals surface area (Å²) in [5, 5.41) is 2.34. The van der Waals surface area contributed by atoms with E-state index in [9.17, 15) is 0 Å². The first kappa shape index (κ1) is 32.5. The molecule has 0 fully saturated rings. The average Bonchev–Trinajstić information content (AvgIpc) is 3.62. The Balaban J connectivity index is 1.18. The third-order valence-corrected chi connectivity index (χ3v) is 12.0. The van der Waals surface area contributed by atoms with E-state index in [1.807, 2.05) is 0 Å². The normalized spacial score (nSPS) is 13.4. The molecule has 0 radical (unpaired) electrons. The Morgan fingerprint density at radius 2 is 0.914 bits per heavy atom. The van der Waals surface area contributed by atoms with Gasteiger partial charge in [0.1, 0.15) is 11.5 Å². The summed E-state index contributed by atoms with van der Waals surface area (Å²) in [5.41, 5.74) is 14.6. The van der Waals surface area contributed by atoms with Crippen molar-refractivity contribution in [1.82, 2.24) is 9.55 Å². The average molecular weight is 742 g/mol. The van der Waals surface area contributed by atoms with Crippen LogP contribution in [0.5, 0.6) is 11.5 Å². The van der Waals surface area contributed by atoms with Gasteiger partial charge < -0.3 is 14.2 Å². The van der Waals surface area contributed by atoms with Gasteiger partial charge in [-0.15, -0.1) is 0 Å². The number of nitrogens with zero attached hydrogens (tertiary/aromatic N) is 3. The highest BCUT2D eigenvalue weighted by atomic mass is 16.5. The number of para-hydroxylation sites is 5. The highest BCUT2D eigenvalue weighted by molar-refractivity contribution is 6.11. The molecule has 0 unspecified atom stereocenters. The number of hydrogen-bond acceptors (Lipinski definition) is 3. The lowest BCUT2D eigenvalue weighted by atomic mass is 9.61. The molecule has 12 rings (SSSR count). The first-order valence-corrected chi connectivity index (χ1v) is 19.8. The monoisotopic (exact) mass is 741 g/mol. The van der Waals surface area contributed by atoms with Crippen LogP contribution in [0.3, 0.4) is 0 Å². The van der Waals surface area contributed by atoms with Crippen molar-refractivity contribution in [3.63, 3.8) is 0 Å². The van der Waals surface area contributed by atoms with Crippen LogP contribution in [0.2, 0.25) is 0 Å². The molecule has 0 saturated carbocycles. The van der Waals surface area contributed by atoms with Crippen molar-refractivity contribution >= 4 is 38.9 Å². The molecule has 4 nitrogen and oxygen atoms in total. The maximum Gasteiger partial charge on any atom is 0.134 e. The fourth-order valence-electron chi connectivity index (χ4n) is 9.62. The molecule has 272 valence electrons. The molecule has 0 atom stereocenters. The molecule has 2 aliphatic heterocycles. The number of benzene rings is 8. The largest absolute Gasteiger partial charge is 0.457 e. The zero-order chi connectivity index (χ0) is 38.2. The van der Waals surface area contributed by atoms with Gasteiger partial charge in [0.25, 0.3) is 0 Å². The number of rotatable bonds is 4.